The topological polar surface area (TPSA) is 50.1 Å². The Bertz CT molecular complexity index is 342. The second-order valence-electron chi connectivity index (χ2n) is 3.91. The summed E-state index contributed by atoms with van der Waals surface area (Å²) >= 11 is 3.49. The highest BCUT2D eigenvalue weighted by molar-refractivity contribution is 9.10. The lowest BCUT2D eigenvalue weighted by Gasteiger charge is -2.20. The molecule has 1 aliphatic rings. The number of benzene rings is 1. The van der Waals surface area contributed by atoms with Crippen molar-refractivity contribution in [1.29, 1.82) is 0 Å². The molecule has 0 radical (unpaired) electrons. The molecule has 2 rings (SSSR count). The zero-order chi connectivity index (χ0) is 10.8. The van der Waals surface area contributed by atoms with Crippen molar-refractivity contribution in [3.8, 4) is 0 Å². The van der Waals surface area contributed by atoms with E-state index < -0.39 is 0 Å². The van der Waals surface area contributed by atoms with Gasteiger partial charge in [0.15, 0.2) is 0 Å². The average Bonchev–Trinajstić information content (AvgIpc) is 2.59. The van der Waals surface area contributed by atoms with Gasteiger partial charge in [-0.2, -0.15) is 0 Å². The minimum atomic E-state index is -0.00995. The summed E-state index contributed by atoms with van der Waals surface area (Å²) in [5, 5.41) is 0. The maximum atomic E-state index is 6.04. The third kappa shape index (κ3) is 2.23. The van der Waals surface area contributed by atoms with Gasteiger partial charge in [0.1, 0.15) is 0 Å². The fraction of sp³-hybridized carbons (Fsp3) is 0.455. The Morgan fingerprint density at radius 2 is 2.20 bits per heavy atom. The zero-order valence-electron chi connectivity index (χ0n) is 8.70. The largest absolute Gasteiger partial charge is 0.314 e. The molecule has 0 aromatic heterocycles. The SMILES string of the molecule is CCC1NNC(N)C1c1cccc(Br)c1. The first-order valence-electron chi connectivity index (χ1n) is 5.24. The van der Waals surface area contributed by atoms with Crippen LogP contribution in [0, 0.1) is 0 Å². The Morgan fingerprint density at radius 1 is 1.40 bits per heavy atom. The second-order valence-corrected chi connectivity index (χ2v) is 4.83. The van der Waals surface area contributed by atoms with Gasteiger partial charge < -0.3 is 5.73 Å². The Balaban J connectivity index is 2.28. The van der Waals surface area contributed by atoms with Crippen LogP contribution in [-0.2, 0) is 0 Å². The zero-order valence-corrected chi connectivity index (χ0v) is 10.3. The molecule has 3 nitrogen and oxygen atoms in total. The number of hydrogen-bond donors (Lipinski definition) is 3. The molecule has 0 amide bonds. The van der Waals surface area contributed by atoms with Crippen molar-refractivity contribution < 1.29 is 0 Å². The molecule has 1 aromatic rings. The van der Waals surface area contributed by atoms with Crippen LogP contribution in [0.5, 0.6) is 0 Å². The van der Waals surface area contributed by atoms with E-state index in [1.165, 1.54) is 5.56 Å². The lowest BCUT2D eigenvalue weighted by atomic mass is 9.89. The Morgan fingerprint density at radius 3 is 2.87 bits per heavy atom. The summed E-state index contributed by atoms with van der Waals surface area (Å²) in [7, 11) is 0. The van der Waals surface area contributed by atoms with Gasteiger partial charge in [-0.15, -0.1) is 0 Å². The molecule has 1 aliphatic heterocycles. The number of halogens is 1. The summed E-state index contributed by atoms with van der Waals surface area (Å²) in [5.74, 6) is 0.340. The van der Waals surface area contributed by atoms with Gasteiger partial charge in [0.05, 0.1) is 6.17 Å². The Labute approximate surface area is 98.5 Å². The molecule has 0 spiro atoms. The lowest BCUT2D eigenvalue weighted by Crippen LogP contribution is -2.38. The first-order valence-corrected chi connectivity index (χ1v) is 6.03. The van der Waals surface area contributed by atoms with Crippen molar-refractivity contribution in [1.82, 2.24) is 10.9 Å². The van der Waals surface area contributed by atoms with Gasteiger partial charge in [-0.1, -0.05) is 35.0 Å². The molecule has 0 saturated carbocycles. The summed E-state index contributed by atoms with van der Waals surface area (Å²) in [6, 6.07) is 8.77. The van der Waals surface area contributed by atoms with Crippen molar-refractivity contribution >= 4 is 15.9 Å². The lowest BCUT2D eigenvalue weighted by molar-refractivity contribution is 0.511. The van der Waals surface area contributed by atoms with E-state index >= 15 is 0 Å². The molecular formula is C11H16BrN3. The molecule has 82 valence electrons. The van der Waals surface area contributed by atoms with Gasteiger partial charge >= 0.3 is 0 Å². The molecule has 3 atom stereocenters. The van der Waals surface area contributed by atoms with Crippen LogP contribution in [0.1, 0.15) is 24.8 Å². The number of nitrogens with one attached hydrogen (secondary N) is 2. The normalized spacial score (nSPS) is 30.7. The van der Waals surface area contributed by atoms with E-state index in [1.54, 1.807) is 0 Å². The average molecular weight is 270 g/mol. The maximum absolute atomic E-state index is 6.04. The van der Waals surface area contributed by atoms with Crippen molar-refractivity contribution in [3.05, 3.63) is 34.3 Å². The monoisotopic (exact) mass is 269 g/mol. The van der Waals surface area contributed by atoms with Crippen molar-refractivity contribution in [2.75, 3.05) is 0 Å². The fourth-order valence-electron chi connectivity index (χ4n) is 2.14. The molecule has 1 aromatic carbocycles. The third-order valence-corrected chi connectivity index (χ3v) is 3.42. The quantitative estimate of drug-likeness (QED) is 0.766. The first-order chi connectivity index (χ1) is 7.22. The van der Waals surface area contributed by atoms with E-state index in [-0.39, 0.29) is 6.17 Å². The summed E-state index contributed by atoms with van der Waals surface area (Å²) in [6.45, 7) is 2.17. The summed E-state index contributed by atoms with van der Waals surface area (Å²) in [4.78, 5) is 0. The van der Waals surface area contributed by atoms with E-state index in [0.29, 0.717) is 12.0 Å². The molecule has 1 heterocycles. The van der Waals surface area contributed by atoms with Gasteiger partial charge in [-0.05, 0) is 24.1 Å². The standard InChI is InChI=1S/C11H16BrN3/c1-2-9-10(11(13)15-14-9)7-4-3-5-8(12)6-7/h3-6,9-11,14-15H,2,13H2,1H3. The first kappa shape index (κ1) is 11.1. The third-order valence-electron chi connectivity index (χ3n) is 2.93. The van der Waals surface area contributed by atoms with Gasteiger partial charge in [0.25, 0.3) is 0 Å². The van der Waals surface area contributed by atoms with Gasteiger partial charge in [-0.3, -0.25) is 5.43 Å². The van der Waals surface area contributed by atoms with Crippen LogP contribution in [0.3, 0.4) is 0 Å². The van der Waals surface area contributed by atoms with Crippen molar-refractivity contribution in [2.45, 2.75) is 31.5 Å². The predicted octanol–water partition coefficient (Wildman–Crippen LogP) is 1.70. The highest BCUT2D eigenvalue weighted by atomic mass is 79.9. The highest BCUT2D eigenvalue weighted by Gasteiger charge is 2.33. The number of nitrogens with two attached hydrogens (primary N) is 1. The van der Waals surface area contributed by atoms with Crippen LogP contribution < -0.4 is 16.6 Å². The van der Waals surface area contributed by atoms with E-state index in [1.807, 2.05) is 6.07 Å². The summed E-state index contributed by atoms with van der Waals surface area (Å²) < 4.78 is 1.11. The van der Waals surface area contributed by atoms with Crippen molar-refractivity contribution in [3.63, 3.8) is 0 Å². The molecule has 0 bridgehead atoms. The van der Waals surface area contributed by atoms with E-state index in [9.17, 15) is 0 Å². The maximum Gasteiger partial charge on any atom is 0.0764 e. The summed E-state index contributed by atoms with van der Waals surface area (Å²) in [6.07, 6.45) is 1.06. The van der Waals surface area contributed by atoms with Gasteiger partial charge in [0, 0.05) is 16.4 Å². The van der Waals surface area contributed by atoms with Crippen LogP contribution in [0.4, 0.5) is 0 Å². The molecule has 4 heteroatoms. The molecule has 15 heavy (non-hydrogen) atoms. The number of rotatable bonds is 2. The Kier molecular flexibility index (Phi) is 3.41. The number of hydrogen-bond acceptors (Lipinski definition) is 3. The highest BCUT2D eigenvalue weighted by Crippen LogP contribution is 2.28. The van der Waals surface area contributed by atoms with Gasteiger partial charge in [-0.25, -0.2) is 5.43 Å². The van der Waals surface area contributed by atoms with E-state index in [0.717, 1.165) is 10.9 Å². The van der Waals surface area contributed by atoms with Crippen molar-refractivity contribution in [2.24, 2.45) is 5.73 Å². The minimum absolute atomic E-state index is 0.00995. The molecular weight excluding hydrogens is 254 g/mol. The minimum Gasteiger partial charge on any atom is -0.314 e. The number of hydrazine groups is 1. The fourth-order valence-corrected chi connectivity index (χ4v) is 2.56. The molecule has 1 fully saturated rings. The van der Waals surface area contributed by atoms with Crippen LogP contribution in [0.2, 0.25) is 0 Å². The molecule has 1 saturated heterocycles. The second kappa shape index (κ2) is 4.61. The van der Waals surface area contributed by atoms with Crippen LogP contribution in [0.15, 0.2) is 28.7 Å². The molecule has 0 aliphatic carbocycles. The predicted molar refractivity (Wildman–Crippen MR) is 65.2 cm³/mol. The molecule has 3 unspecified atom stereocenters. The van der Waals surface area contributed by atoms with E-state index in [4.69, 9.17) is 5.73 Å². The Hall–Kier alpha value is -0.420. The van der Waals surface area contributed by atoms with Crippen LogP contribution >= 0.6 is 15.9 Å². The summed E-state index contributed by atoms with van der Waals surface area (Å²) in [5.41, 5.74) is 13.7. The molecule has 4 N–H and O–H groups in total. The van der Waals surface area contributed by atoms with Gasteiger partial charge in [0.2, 0.25) is 0 Å². The van der Waals surface area contributed by atoms with Crippen LogP contribution in [-0.4, -0.2) is 12.2 Å². The van der Waals surface area contributed by atoms with Crippen LogP contribution in [0.25, 0.3) is 0 Å². The smallest absolute Gasteiger partial charge is 0.0764 e. The van der Waals surface area contributed by atoms with E-state index in [2.05, 4.69) is 51.9 Å².